The normalized spacial score (nSPS) is 16.7. The highest BCUT2D eigenvalue weighted by Gasteiger charge is 2.27. The first-order valence-corrected chi connectivity index (χ1v) is 12.9. The predicted molar refractivity (Wildman–Crippen MR) is 127 cm³/mol. The summed E-state index contributed by atoms with van der Waals surface area (Å²) in [4.78, 5) is 29.4. The number of amides is 1. The number of fused-ring (bicyclic) bond motifs is 3. The fraction of sp³-hybridized carbons (Fsp3) is 0.708. The molecule has 2 aliphatic rings. The van der Waals surface area contributed by atoms with Crippen LogP contribution in [0.3, 0.4) is 0 Å². The molecule has 2 aromatic rings. The van der Waals surface area contributed by atoms with Crippen LogP contribution in [0.25, 0.3) is 10.2 Å². The summed E-state index contributed by atoms with van der Waals surface area (Å²) in [6.45, 7) is 5.90. The van der Waals surface area contributed by atoms with Gasteiger partial charge in [0.2, 0.25) is 5.91 Å². The van der Waals surface area contributed by atoms with Gasteiger partial charge >= 0.3 is 0 Å². The number of unbranched alkanes of at least 4 members (excludes halogenated alkanes) is 4. The van der Waals surface area contributed by atoms with Crippen LogP contribution in [0, 0.1) is 0 Å². The zero-order chi connectivity index (χ0) is 21.6. The minimum atomic E-state index is 0.317. The molecule has 0 aromatic carbocycles. The van der Waals surface area contributed by atoms with Crippen molar-refractivity contribution in [2.75, 3.05) is 38.2 Å². The smallest absolute Gasteiger partial charge is 0.222 e. The van der Waals surface area contributed by atoms with Crippen molar-refractivity contribution < 1.29 is 9.53 Å². The fourth-order valence-corrected chi connectivity index (χ4v) is 6.08. The molecule has 1 amide bonds. The van der Waals surface area contributed by atoms with Crippen LogP contribution in [0.1, 0.15) is 74.6 Å². The third kappa shape index (κ3) is 5.20. The second-order valence-electron chi connectivity index (χ2n) is 8.82. The quantitative estimate of drug-likeness (QED) is 0.524. The van der Waals surface area contributed by atoms with Gasteiger partial charge in [-0.15, -0.1) is 11.3 Å². The number of aromatic nitrogens is 2. The van der Waals surface area contributed by atoms with Gasteiger partial charge in [0.25, 0.3) is 0 Å². The molecular weight excluding hydrogens is 408 g/mol. The summed E-state index contributed by atoms with van der Waals surface area (Å²) in [5.74, 6) is 2.13. The number of rotatable bonds is 9. The van der Waals surface area contributed by atoms with Gasteiger partial charge in [0.1, 0.15) is 17.3 Å². The summed E-state index contributed by atoms with van der Waals surface area (Å²) in [5.41, 5.74) is 1.47. The molecular formula is C24H36N4O2S. The number of piperazine rings is 1. The molecule has 0 N–H and O–H groups in total. The van der Waals surface area contributed by atoms with E-state index < -0.39 is 0 Å². The minimum Gasteiger partial charge on any atom is -0.377 e. The topological polar surface area (TPSA) is 58.6 Å². The van der Waals surface area contributed by atoms with E-state index in [0.717, 1.165) is 61.9 Å². The van der Waals surface area contributed by atoms with E-state index in [1.54, 1.807) is 7.11 Å². The van der Waals surface area contributed by atoms with Crippen LogP contribution < -0.4 is 4.90 Å². The Morgan fingerprint density at radius 2 is 1.81 bits per heavy atom. The van der Waals surface area contributed by atoms with Crippen LogP contribution in [0.15, 0.2) is 0 Å². The zero-order valence-electron chi connectivity index (χ0n) is 19.1. The van der Waals surface area contributed by atoms with E-state index in [2.05, 4.69) is 11.8 Å². The van der Waals surface area contributed by atoms with Gasteiger partial charge in [-0.1, -0.05) is 32.6 Å². The highest BCUT2D eigenvalue weighted by molar-refractivity contribution is 7.19. The van der Waals surface area contributed by atoms with Gasteiger partial charge in [-0.25, -0.2) is 9.97 Å². The summed E-state index contributed by atoms with van der Waals surface area (Å²) < 4.78 is 5.34. The van der Waals surface area contributed by atoms with Crippen LogP contribution in [0.5, 0.6) is 0 Å². The molecule has 3 heterocycles. The van der Waals surface area contributed by atoms with E-state index in [9.17, 15) is 4.79 Å². The van der Waals surface area contributed by atoms with Crippen LogP contribution in [0.4, 0.5) is 5.82 Å². The zero-order valence-corrected chi connectivity index (χ0v) is 19.9. The number of nitrogens with zero attached hydrogens (tertiary/aromatic N) is 4. The molecule has 1 aliphatic heterocycles. The average molecular weight is 445 g/mol. The Kier molecular flexibility index (Phi) is 7.77. The molecule has 7 heteroatoms. The monoisotopic (exact) mass is 444 g/mol. The molecule has 0 radical (unpaired) electrons. The molecule has 31 heavy (non-hydrogen) atoms. The molecule has 4 rings (SSSR count). The molecule has 6 nitrogen and oxygen atoms in total. The van der Waals surface area contributed by atoms with Crippen LogP contribution >= 0.6 is 11.3 Å². The lowest BCUT2D eigenvalue weighted by Gasteiger charge is -2.36. The molecule has 0 spiro atoms. The molecule has 0 unspecified atom stereocenters. The lowest BCUT2D eigenvalue weighted by atomic mass is 9.97. The minimum absolute atomic E-state index is 0.317. The molecule has 0 atom stereocenters. The summed E-state index contributed by atoms with van der Waals surface area (Å²) >= 11 is 1.84. The van der Waals surface area contributed by atoms with Crippen molar-refractivity contribution in [1.82, 2.24) is 14.9 Å². The van der Waals surface area contributed by atoms with Gasteiger partial charge < -0.3 is 14.5 Å². The van der Waals surface area contributed by atoms with Crippen LogP contribution in [-0.4, -0.2) is 54.1 Å². The van der Waals surface area contributed by atoms with Gasteiger partial charge in [-0.05, 0) is 37.7 Å². The summed E-state index contributed by atoms with van der Waals surface area (Å²) in [6.07, 6.45) is 11.5. The summed E-state index contributed by atoms with van der Waals surface area (Å²) in [7, 11) is 1.69. The third-order valence-electron chi connectivity index (χ3n) is 6.54. The van der Waals surface area contributed by atoms with Crippen molar-refractivity contribution in [3.63, 3.8) is 0 Å². The van der Waals surface area contributed by atoms with Crippen molar-refractivity contribution in [3.8, 4) is 0 Å². The number of carbonyl (C=O) groups is 1. The number of anilines is 1. The highest BCUT2D eigenvalue weighted by atomic mass is 32.1. The first-order chi connectivity index (χ1) is 15.2. The van der Waals surface area contributed by atoms with Gasteiger partial charge in [-0.2, -0.15) is 0 Å². The number of ether oxygens (including phenoxy) is 1. The van der Waals surface area contributed by atoms with Crippen molar-refractivity contribution in [3.05, 3.63) is 16.3 Å². The molecule has 170 valence electrons. The maximum absolute atomic E-state index is 12.6. The Balaban J connectivity index is 1.45. The Labute approximate surface area is 190 Å². The van der Waals surface area contributed by atoms with E-state index in [1.807, 2.05) is 16.2 Å². The lowest BCUT2D eigenvalue weighted by Crippen LogP contribution is -2.49. The van der Waals surface area contributed by atoms with E-state index in [0.29, 0.717) is 18.9 Å². The SMILES string of the molecule is CCCCCCCC(=O)N1CCN(c2nc(COC)nc3sc4c(c23)CCCC4)CC1. The third-order valence-corrected chi connectivity index (χ3v) is 7.73. The first-order valence-electron chi connectivity index (χ1n) is 12.0. The Morgan fingerprint density at radius 1 is 1.03 bits per heavy atom. The van der Waals surface area contributed by atoms with Crippen molar-refractivity contribution in [2.24, 2.45) is 0 Å². The second kappa shape index (κ2) is 10.7. The van der Waals surface area contributed by atoms with Crippen LogP contribution in [-0.2, 0) is 29.0 Å². The van der Waals surface area contributed by atoms with Crippen molar-refractivity contribution in [1.29, 1.82) is 0 Å². The lowest BCUT2D eigenvalue weighted by molar-refractivity contribution is -0.131. The average Bonchev–Trinajstić information content (AvgIpc) is 3.17. The first kappa shape index (κ1) is 22.5. The van der Waals surface area contributed by atoms with E-state index in [1.165, 1.54) is 54.4 Å². The maximum Gasteiger partial charge on any atom is 0.222 e. The number of aryl methyl sites for hydroxylation is 2. The van der Waals surface area contributed by atoms with Gasteiger partial charge in [0.05, 0.1) is 5.39 Å². The van der Waals surface area contributed by atoms with E-state index in [-0.39, 0.29) is 0 Å². The Bertz CT molecular complexity index is 889. The van der Waals surface area contributed by atoms with Gasteiger partial charge in [0.15, 0.2) is 5.82 Å². The molecule has 2 aromatic heterocycles. The molecule has 0 saturated carbocycles. The fourth-order valence-electron chi connectivity index (χ4n) is 4.81. The van der Waals surface area contributed by atoms with E-state index in [4.69, 9.17) is 14.7 Å². The number of hydrogen-bond donors (Lipinski definition) is 0. The number of thiophene rings is 1. The number of carbonyl (C=O) groups excluding carboxylic acids is 1. The van der Waals surface area contributed by atoms with Gasteiger partial charge in [-0.3, -0.25) is 4.79 Å². The van der Waals surface area contributed by atoms with E-state index >= 15 is 0 Å². The summed E-state index contributed by atoms with van der Waals surface area (Å²) in [5, 5.41) is 1.26. The van der Waals surface area contributed by atoms with Crippen LogP contribution in [0.2, 0.25) is 0 Å². The molecule has 1 fully saturated rings. The second-order valence-corrected chi connectivity index (χ2v) is 9.90. The number of hydrogen-bond acceptors (Lipinski definition) is 6. The molecule has 1 aliphatic carbocycles. The molecule has 0 bridgehead atoms. The standard InChI is InChI=1S/C24H36N4O2S/c1-3-4-5-6-7-12-21(29)27-13-15-28(16-14-27)23-22-18-10-8-9-11-19(18)31-24(22)26-20(25-23)17-30-2/h3-17H2,1-2H3. The molecule has 1 saturated heterocycles. The highest BCUT2D eigenvalue weighted by Crippen LogP contribution is 2.40. The largest absolute Gasteiger partial charge is 0.377 e. The number of methoxy groups -OCH3 is 1. The Hall–Kier alpha value is -1.73. The predicted octanol–water partition coefficient (Wildman–Crippen LogP) is 4.73. The Morgan fingerprint density at radius 3 is 2.58 bits per heavy atom. The van der Waals surface area contributed by atoms with Crippen molar-refractivity contribution in [2.45, 2.75) is 77.7 Å². The van der Waals surface area contributed by atoms with Crippen molar-refractivity contribution >= 4 is 33.3 Å². The maximum atomic E-state index is 12.6. The summed E-state index contributed by atoms with van der Waals surface area (Å²) in [6, 6.07) is 0. The van der Waals surface area contributed by atoms with Gasteiger partial charge in [0, 0.05) is 44.6 Å².